The van der Waals surface area contributed by atoms with Gasteiger partial charge in [-0.05, 0) is 24.2 Å². The molecule has 2 atom stereocenters. The topological polar surface area (TPSA) is 15.6 Å². The summed E-state index contributed by atoms with van der Waals surface area (Å²) in [6.45, 7) is 4.55. The van der Waals surface area contributed by atoms with Crippen molar-refractivity contribution in [2.45, 2.75) is 37.5 Å². The van der Waals surface area contributed by atoms with Crippen LogP contribution in [0.3, 0.4) is 0 Å². The van der Waals surface area contributed by atoms with E-state index in [1.54, 1.807) is 0 Å². The molecular formula is C16H23ClN2S. The first-order valence-corrected chi connectivity index (χ1v) is 8.42. The quantitative estimate of drug-likeness (QED) is 0.759. The van der Waals surface area contributed by atoms with E-state index in [2.05, 4.69) is 53.9 Å². The highest BCUT2D eigenvalue weighted by Crippen LogP contribution is 2.34. The van der Waals surface area contributed by atoms with Gasteiger partial charge >= 0.3 is 0 Å². The Hall–Kier alpha value is -0.670. The first kappa shape index (κ1) is 15.7. The SMILES string of the molecule is CCCCSC1CCN2CC(c3ccccc3)N=C12.Cl. The number of halogens is 1. The summed E-state index contributed by atoms with van der Waals surface area (Å²) in [6.07, 6.45) is 3.91. The molecule has 0 aliphatic carbocycles. The Labute approximate surface area is 132 Å². The smallest absolute Gasteiger partial charge is 0.113 e. The molecule has 1 fully saturated rings. The van der Waals surface area contributed by atoms with Crippen LogP contribution in [0.2, 0.25) is 0 Å². The third-order valence-corrected chi connectivity index (χ3v) is 5.33. The van der Waals surface area contributed by atoms with Crippen molar-refractivity contribution in [3.05, 3.63) is 35.9 Å². The van der Waals surface area contributed by atoms with Crippen LogP contribution >= 0.6 is 24.2 Å². The van der Waals surface area contributed by atoms with Crippen LogP contribution in [0, 0.1) is 0 Å². The van der Waals surface area contributed by atoms with Crippen LogP contribution in [-0.4, -0.2) is 34.8 Å². The molecule has 2 nitrogen and oxygen atoms in total. The van der Waals surface area contributed by atoms with Gasteiger partial charge in [-0.15, -0.1) is 12.4 Å². The fraction of sp³-hybridized carbons (Fsp3) is 0.562. The molecule has 0 N–H and O–H groups in total. The van der Waals surface area contributed by atoms with E-state index in [0.717, 1.165) is 6.54 Å². The van der Waals surface area contributed by atoms with Gasteiger partial charge in [-0.1, -0.05) is 43.7 Å². The molecule has 2 heterocycles. The summed E-state index contributed by atoms with van der Waals surface area (Å²) < 4.78 is 0. The second-order valence-corrected chi connectivity index (χ2v) is 6.67. The van der Waals surface area contributed by atoms with Crippen LogP contribution in [0.4, 0.5) is 0 Å². The standard InChI is InChI=1S/C16H22N2S.ClH/c1-2-3-11-19-15-9-10-18-12-14(17-16(15)18)13-7-5-4-6-8-13;/h4-8,14-15H,2-3,9-12H2,1H3;1H. The van der Waals surface area contributed by atoms with Crippen LogP contribution in [0.5, 0.6) is 0 Å². The normalized spacial score (nSPS) is 24.2. The van der Waals surface area contributed by atoms with Crippen molar-refractivity contribution in [1.82, 2.24) is 4.90 Å². The van der Waals surface area contributed by atoms with Gasteiger partial charge in [-0.3, -0.25) is 4.99 Å². The van der Waals surface area contributed by atoms with Crippen molar-refractivity contribution in [2.75, 3.05) is 18.8 Å². The summed E-state index contributed by atoms with van der Waals surface area (Å²) in [5.74, 6) is 2.65. The largest absolute Gasteiger partial charge is 0.357 e. The Morgan fingerprint density at radius 3 is 2.85 bits per heavy atom. The Morgan fingerprint density at radius 2 is 2.10 bits per heavy atom. The lowest BCUT2D eigenvalue weighted by molar-refractivity contribution is 0.454. The van der Waals surface area contributed by atoms with Gasteiger partial charge in [0.1, 0.15) is 5.84 Å². The molecule has 1 saturated heterocycles. The predicted molar refractivity (Wildman–Crippen MR) is 91.2 cm³/mol. The number of nitrogens with zero attached hydrogens (tertiary/aromatic N) is 2. The second kappa shape index (κ2) is 7.37. The maximum Gasteiger partial charge on any atom is 0.113 e. The molecule has 0 aromatic heterocycles. The molecule has 0 saturated carbocycles. The maximum absolute atomic E-state index is 5.00. The lowest BCUT2D eigenvalue weighted by Gasteiger charge is -2.13. The molecule has 2 aliphatic heterocycles. The summed E-state index contributed by atoms with van der Waals surface area (Å²) in [6, 6.07) is 11.1. The number of rotatable bonds is 5. The third kappa shape index (κ3) is 3.32. The van der Waals surface area contributed by atoms with E-state index in [4.69, 9.17) is 4.99 Å². The number of fused-ring (bicyclic) bond motifs is 1. The van der Waals surface area contributed by atoms with Gasteiger partial charge < -0.3 is 4.90 Å². The third-order valence-electron chi connectivity index (χ3n) is 3.96. The minimum atomic E-state index is 0. The van der Waals surface area contributed by atoms with Crippen molar-refractivity contribution in [2.24, 2.45) is 4.99 Å². The molecule has 2 unspecified atom stereocenters. The lowest BCUT2D eigenvalue weighted by Crippen LogP contribution is -2.25. The molecule has 20 heavy (non-hydrogen) atoms. The summed E-state index contributed by atoms with van der Waals surface area (Å²) in [7, 11) is 0. The second-order valence-electron chi connectivity index (χ2n) is 5.36. The van der Waals surface area contributed by atoms with Gasteiger partial charge in [-0.25, -0.2) is 0 Å². The zero-order valence-corrected chi connectivity index (χ0v) is 13.6. The summed E-state index contributed by atoms with van der Waals surface area (Å²) in [4.78, 5) is 7.50. The average Bonchev–Trinajstić information content (AvgIpc) is 3.02. The first-order chi connectivity index (χ1) is 9.38. The van der Waals surface area contributed by atoms with Crippen molar-refractivity contribution in [3.63, 3.8) is 0 Å². The predicted octanol–water partition coefficient (Wildman–Crippen LogP) is 4.17. The van der Waals surface area contributed by atoms with Gasteiger partial charge in [0.05, 0.1) is 11.3 Å². The van der Waals surface area contributed by atoms with E-state index in [1.165, 1.54) is 43.0 Å². The van der Waals surface area contributed by atoms with Gasteiger partial charge in [0.15, 0.2) is 0 Å². The molecule has 0 spiro atoms. The van der Waals surface area contributed by atoms with Gasteiger partial charge in [-0.2, -0.15) is 11.8 Å². The number of hydrogen-bond acceptors (Lipinski definition) is 3. The van der Waals surface area contributed by atoms with Crippen LogP contribution in [0.15, 0.2) is 35.3 Å². The fourth-order valence-corrected chi connectivity index (χ4v) is 4.23. The molecule has 110 valence electrons. The first-order valence-electron chi connectivity index (χ1n) is 7.37. The molecule has 3 rings (SSSR count). The average molecular weight is 311 g/mol. The zero-order chi connectivity index (χ0) is 13.1. The minimum Gasteiger partial charge on any atom is -0.357 e. The van der Waals surface area contributed by atoms with Gasteiger partial charge in [0.2, 0.25) is 0 Å². The highest BCUT2D eigenvalue weighted by Gasteiger charge is 2.36. The summed E-state index contributed by atoms with van der Waals surface area (Å²) in [5.41, 5.74) is 1.36. The zero-order valence-electron chi connectivity index (χ0n) is 12.0. The molecule has 2 aliphatic rings. The van der Waals surface area contributed by atoms with Crippen molar-refractivity contribution < 1.29 is 0 Å². The number of thioether (sulfide) groups is 1. The summed E-state index contributed by atoms with van der Waals surface area (Å²) >= 11 is 2.11. The van der Waals surface area contributed by atoms with Crippen molar-refractivity contribution >= 4 is 30.0 Å². The van der Waals surface area contributed by atoms with Crippen molar-refractivity contribution in [1.29, 1.82) is 0 Å². The molecular weight excluding hydrogens is 288 g/mol. The maximum atomic E-state index is 5.00. The molecule has 0 radical (unpaired) electrons. The van der Waals surface area contributed by atoms with Crippen LogP contribution in [-0.2, 0) is 0 Å². The van der Waals surface area contributed by atoms with Crippen molar-refractivity contribution in [3.8, 4) is 0 Å². The van der Waals surface area contributed by atoms with Gasteiger partial charge in [0, 0.05) is 13.1 Å². The number of amidine groups is 1. The molecule has 1 aromatic carbocycles. The Balaban J connectivity index is 0.00000147. The lowest BCUT2D eigenvalue weighted by atomic mass is 10.1. The molecule has 4 heteroatoms. The Kier molecular flexibility index (Phi) is 5.79. The van der Waals surface area contributed by atoms with E-state index in [9.17, 15) is 0 Å². The van der Waals surface area contributed by atoms with Crippen LogP contribution < -0.4 is 0 Å². The van der Waals surface area contributed by atoms with E-state index in [0.29, 0.717) is 11.3 Å². The van der Waals surface area contributed by atoms with Crippen LogP contribution in [0.25, 0.3) is 0 Å². The van der Waals surface area contributed by atoms with E-state index in [-0.39, 0.29) is 12.4 Å². The number of unbranched alkanes of at least 4 members (excludes halogenated alkanes) is 1. The minimum absolute atomic E-state index is 0. The molecule has 0 amide bonds. The number of benzene rings is 1. The van der Waals surface area contributed by atoms with E-state index < -0.39 is 0 Å². The Morgan fingerprint density at radius 1 is 1.30 bits per heavy atom. The highest BCUT2D eigenvalue weighted by molar-refractivity contribution is 8.00. The highest BCUT2D eigenvalue weighted by atomic mass is 35.5. The summed E-state index contributed by atoms with van der Waals surface area (Å²) in [5, 5.41) is 0.653. The van der Waals surface area contributed by atoms with Crippen LogP contribution in [0.1, 0.15) is 37.8 Å². The molecule has 1 aromatic rings. The fourth-order valence-electron chi connectivity index (χ4n) is 2.86. The van der Waals surface area contributed by atoms with Gasteiger partial charge in [0.25, 0.3) is 0 Å². The Bertz CT molecular complexity index is 449. The molecule has 0 bridgehead atoms. The van der Waals surface area contributed by atoms with E-state index in [1.807, 2.05) is 0 Å². The number of aliphatic imine (C=N–C) groups is 1. The van der Waals surface area contributed by atoms with E-state index >= 15 is 0 Å². The monoisotopic (exact) mass is 310 g/mol. The number of hydrogen-bond donors (Lipinski definition) is 0.